The zero-order valence-corrected chi connectivity index (χ0v) is 16.1. The maximum Gasteiger partial charge on any atom is 0.191 e. The number of hydrogen-bond acceptors (Lipinski definition) is 4. The number of halogens is 1. The number of aliphatic imine (C=N–C) groups is 1. The molecule has 3 N–H and O–H groups in total. The van der Waals surface area contributed by atoms with E-state index in [4.69, 9.17) is 4.74 Å². The van der Waals surface area contributed by atoms with Gasteiger partial charge in [-0.05, 0) is 56.5 Å². The van der Waals surface area contributed by atoms with E-state index in [1.807, 2.05) is 31.4 Å². The van der Waals surface area contributed by atoms with E-state index in [1.165, 1.54) is 23.5 Å². The molecule has 1 aromatic heterocycles. The van der Waals surface area contributed by atoms with Gasteiger partial charge >= 0.3 is 0 Å². The maximum absolute atomic E-state index is 12.9. The van der Waals surface area contributed by atoms with Gasteiger partial charge in [-0.15, -0.1) is 11.3 Å². The normalized spacial score (nSPS) is 15.2. The molecule has 0 bridgehead atoms. The van der Waals surface area contributed by atoms with Crippen LogP contribution in [-0.4, -0.2) is 36.8 Å². The van der Waals surface area contributed by atoms with Gasteiger partial charge in [0.15, 0.2) is 5.96 Å². The van der Waals surface area contributed by atoms with Crippen LogP contribution in [0.25, 0.3) is 0 Å². The van der Waals surface area contributed by atoms with Crippen LogP contribution in [0.2, 0.25) is 0 Å². The lowest BCUT2D eigenvalue weighted by molar-refractivity contribution is 0.0711. The first-order valence-corrected chi connectivity index (χ1v) is 9.49. The van der Waals surface area contributed by atoms with Crippen molar-refractivity contribution in [3.8, 4) is 5.75 Å². The van der Waals surface area contributed by atoms with Gasteiger partial charge in [-0.25, -0.2) is 9.38 Å². The quantitative estimate of drug-likeness (QED) is 0.487. The second-order valence-electron chi connectivity index (χ2n) is 6.21. The van der Waals surface area contributed by atoms with Gasteiger partial charge in [0.1, 0.15) is 23.3 Å². The number of hydrogen-bond donors (Lipinski definition) is 3. The molecule has 0 amide bonds. The van der Waals surface area contributed by atoms with Gasteiger partial charge < -0.3 is 20.5 Å². The summed E-state index contributed by atoms with van der Waals surface area (Å²) < 4.78 is 18.7. The third kappa shape index (κ3) is 6.31. The van der Waals surface area contributed by atoms with Crippen molar-refractivity contribution in [2.45, 2.75) is 32.5 Å². The first-order valence-electron chi connectivity index (χ1n) is 8.61. The average molecular weight is 380 g/mol. The number of ether oxygens (including phenoxy) is 1. The molecule has 0 fully saturated rings. The van der Waals surface area contributed by atoms with Crippen LogP contribution in [0.4, 0.5) is 4.39 Å². The molecule has 0 saturated heterocycles. The van der Waals surface area contributed by atoms with E-state index in [9.17, 15) is 9.50 Å². The molecule has 0 aliphatic rings. The molecule has 26 heavy (non-hydrogen) atoms. The SMILES string of the molecule is CCNC(=NCC(C)(O)c1cccs1)NCC(C)Oc1ccc(F)cc1. The number of aliphatic hydroxyl groups is 1. The Kier molecular flexibility index (Phi) is 7.41. The molecule has 2 atom stereocenters. The summed E-state index contributed by atoms with van der Waals surface area (Å²) in [7, 11) is 0. The third-order valence-electron chi connectivity index (χ3n) is 3.65. The van der Waals surface area contributed by atoms with E-state index in [0.29, 0.717) is 24.8 Å². The van der Waals surface area contributed by atoms with Crippen molar-refractivity contribution in [1.82, 2.24) is 10.6 Å². The smallest absolute Gasteiger partial charge is 0.191 e. The van der Waals surface area contributed by atoms with Crippen molar-refractivity contribution in [1.29, 1.82) is 0 Å². The summed E-state index contributed by atoms with van der Waals surface area (Å²) >= 11 is 1.51. The molecule has 1 heterocycles. The van der Waals surface area contributed by atoms with Gasteiger partial charge in [0.25, 0.3) is 0 Å². The van der Waals surface area contributed by atoms with E-state index in [0.717, 1.165) is 4.88 Å². The molecule has 0 radical (unpaired) electrons. The first-order chi connectivity index (χ1) is 12.4. The molecule has 0 aliphatic carbocycles. The number of guanidine groups is 1. The second-order valence-corrected chi connectivity index (χ2v) is 7.16. The van der Waals surface area contributed by atoms with Gasteiger partial charge in [0.05, 0.1) is 13.1 Å². The highest BCUT2D eigenvalue weighted by Gasteiger charge is 2.24. The molecular formula is C19H26FN3O2S. The Morgan fingerprint density at radius 1 is 1.31 bits per heavy atom. The fraction of sp³-hybridized carbons (Fsp3) is 0.421. The minimum Gasteiger partial charge on any atom is -0.489 e. The Bertz CT molecular complexity index is 687. The lowest BCUT2D eigenvalue weighted by Gasteiger charge is -2.21. The van der Waals surface area contributed by atoms with Crippen molar-refractivity contribution in [2.24, 2.45) is 4.99 Å². The van der Waals surface area contributed by atoms with Crippen molar-refractivity contribution in [3.63, 3.8) is 0 Å². The van der Waals surface area contributed by atoms with Crippen molar-refractivity contribution in [2.75, 3.05) is 19.6 Å². The largest absolute Gasteiger partial charge is 0.489 e. The highest BCUT2D eigenvalue weighted by Crippen LogP contribution is 2.25. The van der Waals surface area contributed by atoms with Gasteiger partial charge in [-0.3, -0.25) is 0 Å². The summed E-state index contributed by atoms with van der Waals surface area (Å²) in [5, 5.41) is 18.9. The van der Waals surface area contributed by atoms with Crippen LogP contribution in [0.3, 0.4) is 0 Å². The lowest BCUT2D eigenvalue weighted by Crippen LogP contribution is -2.42. The minimum absolute atomic E-state index is 0.137. The number of rotatable bonds is 8. The molecular weight excluding hydrogens is 353 g/mol. The van der Waals surface area contributed by atoms with Crippen LogP contribution in [-0.2, 0) is 5.60 Å². The van der Waals surface area contributed by atoms with E-state index < -0.39 is 5.60 Å². The molecule has 2 rings (SSSR count). The zero-order valence-electron chi connectivity index (χ0n) is 15.3. The Hall–Kier alpha value is -2.12. The average Bonchev–Trinajstić information content (AvgIpc) is 3.15. The molecule has 0 spiro atoms. The van der Waals surface area contributed by atoms with E-state index >= 15 is 0 Å². The fourth-order valence-electron chi connectivity index (χ4n) is 2.27. The molecule has 2 aromatic rings. The number of nitrogens with zero attached hydrogens (tertiary/aromatic N) is 1. The van der Waals surface area contributed by atoms with Crippen LogP contribution >= 0.6 is 11.3 Å². The Labute approximate surface area is 157 Å². The fourth-order valence-corrected chi connectivity index (χ4v) is 3.04. The van der Waals surface area contributed by atoms with Crippen LogP contribution < -0.4 is 15.4 Å². The molecule has 7 heteroatoms. The van der Waals surface area contributed by atoms with Crippen molar-refractivity contribution in [3.05, 3.63) is 52.5 Å². The number of thiophene rings is 1. The van der Waals surface area contributed by atoms with Crippen molar-refractivity contribution >= 4 is 17.3 Å². The predicted octanol–water partition coefficient (Wildman–Crippen LogP) is 3.12. The predicted molar refractivity (Wildman–Crippen MR) is 104 cm³/mol. The highest BCUT2D eigenvalue weighted by molar-refractivity contribution is 7.10. The van der Waals surface area contributed by atoms with E-state index in [1.54, 1.807) is 19.1 Å². The molecule has 1 aromatic carbocycles. The summed E-state index contributed by atoms with van der Waals surface area (Å²) in [6, 6.07) is 9.75. The number of benzene rings is 1. The third-order valence-corrected chi connectivity index (χ3v) is 4.77. The summed E-state index contributed by atoms with van der Waals surface area (Å²) in [6.45, 7) is 7.13. The zero-order chi connectivity index (χ0) is 19.0. The van der Waals surface area contributed by atoms with Crippen LogP contribution in [0, 0.1) is 5.82 Å². The summed E-state index contributed by atoms with van der Waals surface area (Å²) in [6.07, 6.45) is -0.137. The standard InChI is InChI=1S/C19H26FN3O2S/c1-4-21-18(23-13-19(3,24)17-6-5-11-26-17)22-12-14(2)25-16-9-7-15(20)8-10-16/h5-11,14,24H,4,12-13H2,1-3H3,(H2,21,22,23). The summed E-state index contributed by atoms with van der Waals surface area (Å²) in [5.74, 6) is 0.935. The Morgan fingerprint density at radius 2 is 2.04 bits per heavy atom. The van der Waals surface area contributed by atoms with E-state index in [2.05, 4.69) is 15.6 Å². The monoisotopic (exact) mass is 379 g/mol. The summed E-state index contributed by atoms with van der Waals surface area (Å²) in [4.78, 5) is 5.36. The first kappa shape index (κ1) is 20.2. The molecule has 0 aliphatic heterocycles. The molecule has 142 valence electrons. The van der Waals surface area contributed by atoms with Gasteiger partial charge in [-0.2, -0.15) is 0 Å². The van der Waals surface area contributed by atoms with Crippen LogP contribution in [0.5, 0.6) is 5.75 Å². The lowest BCUT2D eigenvalue weighted by atomic mass is 10.1. The topological polar surface area (TPSA) is 65.9 Å². The maximum atomic E-state index is 12.9. The van der Waals surface area contributed by atoms with Gasteiger partial charge in [0, 0.05) is 11.4 Å². The Morgan fingerprint density at radius 3 is 2.65 bits per heavy atom. The van der Waals surface area contributed by atoms with Crippen molar-refractivity contribution < 1.29 is 14.2 Å². The molecule has 0 saturated carbocycles. The van der Waals surface area contributed by atoms with Crippen LogP contribution in [0.1, 0.15) is 25.6 Å². The number of nitrogens with one attached hydrogen (secondary N) is 2. The van der Waals surface area contributed by atoms with Crippen LogP contribution in [0.15, 0.2) is 46.8 Å². The van der Waals surface area contributed by atoms with Gasteiger partial charge in [-0.1, -0.05) is 6.07 Å². The minimum atomic E-state index is -1.01. The molecule has 2 unspecified atom stereocenters. The van der Waals surface area contributed by atoms with Gasteiger partial charge in [0.2, 0.25) is 0 Å². The second kappa shape index (κ2) is 9.54. The summed E-state index contributed by atoms with van der Waals surface area (Å²) in [5.41, 5.74) is -1.01. The molecule has 5 nitrogen and oxygen atoms in total. The highest BCUT2D eigenvalue weighted by atomic mass is 32.1. The Balaban J connectivity index is 1.89. The van der Waals surface area contributed by atoms with E-state index in [-0.39, 0.29) is 18.5 Å².